The van der Waals surface area contributed by atoms with E-state index in [1.165, 1.54) is 4.90 Å². The SMILES string of the molecule is CC(C)Oc1c(O)cccc1N1CCN(CCCN2C(=O)CCCC2=O)CC1.Cl. The number of nitrogens with zero attached hydrogens (tertiary/aromatic N) is 3. The van der Waals surface area contributed by atoms with E-state index in [1.54, 1.807) is 6.07 Å². The Hall–Kier alpha value is -1.99. The summed E-state index contributed by atoms with van der Waals surface area (Å²) < 4.78 is 5.83. The number of ether oxygens (including phenoxy) is 1. The van der Waals surface area contributed by atoms with Crippen molar-refractivity contribution in [3.8, 4) is 11.5 Å². The molecule has 0 spiro atoms. The molecule has 2 amide bonds. The van der Waals surface area contributed by atoms with Crippen molar-refractivity contribution in [2.24, 2.45) is 0 Å². The number of aromatic hydroxyl groups is 1. The molecule has 0 atom stereocenters. The molecule has 1 aromatic carbocycles. The Labute approximate surface area is 179 Å². The third-order valence-corrected chi connectivity index (χ3v) is 5.28. The van der Waals surface area contributed by atoms with Gasteiger partial charge >= 0.3 is 0 Å². The Morgan fingerprint density at radius 3 is 2.31 bits per heavy atom. The average Bonchev–Trinajstić information content (AvgIpc) is 2.66. The van der Waals surface area contributed by atoms with Crippen LogP contribution in [0.1, 0.15) is 39.5 Å². The van der Waals surface area contributed by atoms with Gasteiger partial charge in [0.2, 0.25) is 11.8 Å². The minimum absolute atomic E-state index is 0. The Balaban J connectivity index is 0.00000300. The zero-order valence-corrected chi connectivity index (χ0v) is 18.1. The van der Waals surface area contributed by atoms with Crippen LogP contribution in [0.4, 0.5) is 5.69 Å². The van der Waals surface area contributed by atoms with E-state index in [0.717, 1.165) is 44.8 Å². The van der Waals surface area contributed by atoms with E-state index in [-0.39, 0.29) is 36.1 Å². The number of amides is 2. The standard InChI is InChI=1S/C21H31N3O4.ClH/c1-16(2)28-21-17(6-3-7-18(21)25)23-14-12-22(13-15-23)10-5-11-24-19(26)8-4-9-20(24)27;/h3,6-7,16,25H,4-5,8-15H2,1-2H3;1H. The molecule has 2 fully saturated rings. The van der Waals surface area contributed by atoms with Gasteiger partial charge in [-0.25, -0.2) is 0 Å². The number of phenols is 1. The van der Waals surface area contributed by atoms with Crippen LogP contribution in [-0.4, -0.2) is 72.1 Å². The second-order valence-corrected chi connectivity index (χ2v) is 7.77. The molecule has 0 radical (unpaired) electrons. The smallest absolute Gasteiger partial charge is 0.229 e. The Bertz CT molecular complexity index is 689. The predicted octanol–water partition coefficient (Wildman–Crippen LogP) is 2.65. The van der Waals surface area contributed by atoms with Crippen molar-refractivity contribution in [2.45, 2.75) is 45.6 Å². The van der Waals surface area contributed by atoms with E-state index in [0.29, 0.717) is 31.6 Å². The number of imide groups is 1. The minimum Gasteiger partial charge on any atom is -0.504 e. The van der Waals surface area contributed by atoms with Crippen molar-refractivity contribution in [3.05, 3.63) is 18.2 Å². The highest BCUT2D eigenvalue weighted by atomic mass is 35.5. The average molecular weight is 426 g/mol. The van der Waals surface area contributed by atoms with Gasteiger partial charge in [-0.2, -0.15) is 0 Å². The maximum atomic E-state index is 11.9. The molecule has 0 aliphatic carbocycles. The number of hydrogen-bond donors (Lipinski definition) is 1. The highest BCUT2D eigenvalue weighted by molar-refractivity contribution is 5.97. The highest BCUT2D eigenvalue weighted by Crippen LogP contribution is 2.37. The molecule has 3 rings (SSSR count). The predicted molar refractivity (Wildman–Crippen MR) is 115 cm³/mol. The van der Waals surface area contributed by atoms with Gasteiger partial charge in [0.25, 0.3) is 0 Å². The van der Waals surface area contributed by atoms with E-state index in [9.17, 15) is 14.7 Å². The van der Waals surface area contributed by atoms with Gasteiger partial charge in [-0.15, -0.1) is 12.4 Å². The molecule has 1 N–H and O–H groups in total. The number of likely N-dealkylation sites (tertiary alicyclic amines) is 1. The Morgan fingerprint density at radius 2 is 1.69 bits per heavy atom. The molecule has 2 aliphatic heterocycles. The number of piperazine rings is 1. The lowest BCUT2D eigenvalue weighted by Crippen LogP contribution is -2.47. The van der Waals surface area contributed by atoms with Crippen molar-refractivity contribution >= 4 is 29.9 Å². The summed E-state index contributed by atoms with van der Waals surface area (Å²) in [5, 5.41) is 10.2. The molecule has 2 heterocycles. The van der Waals surface area contributed by atoms with Crippen LogP contribution in [0.5, 0.6) is 11.5 Å². The fourth-order valence-corrected chi connectivity index (χ4v) is 3.83. The van der Waals surface area contributed by atoms with Crippen molar-refractivity contribution in [1.29, 1.82) is 0 Å². The molecule has 162 valence electrons. The Morgan fingerprint density at radius 1 is 1.03 bits per heavy atom. The lowest BCUT2D eigenvalue weighted by atomic mass is 10.1. The van der Waals surface area contributed by atoms with E-state index in [4.69, 9.17) is 4.74 Å². The second kappa shape index (κ2) is 10.7. The fraction of sp³-hybridized carbons (Fsp3) is 0.619. The number of piperidine rings is 1. The van der Waals surface area contributed by atoms with Crippen molar-refractivity contribution in [1.82, 2.24) is 9.80 Å². The lowest BCUT2D eigenvalue weighted by molar-refractivity contribution is -0.148. The first-order valence-corrected chi connectivity index (χ1v) is 10.2. The van der Waals surface area contributed by atoms with Gasteiger partial charge in [-0.05, 0) is 45.4 Å². The quantitative estimate of drug-likeness (QED) is 0.677. The van der Waals surface area contributed by atoms with Crippen LogP contribution >= 0.6 is 12.4 Å². The van der Waals surface area contributed by atoms with E-state index < -0.39 is 0 Å². The van der Waals surface area contributed by atoms with Gasteiger partial charge in [-0.3, -0.25) is 19.4 Å². The van der Waals surface area contributed by atoms with Crippen LogP contribution in [0.2, 0.25) is 0 Å². The normalized spacial score (nSPS) is 18.2. The third kappa shape index (κ3) is 6.00. The number of hydrogen-bond acceptors (Lipinski definition) is 6. The maximum Gasteiger partial charge on any atom is 0.229 e. The summed E-state index contributed by atoms with van der Waals surface area (Å²) in [7, 11) is 0. The van der Waals surface area contributed by atoms with Crippen molar-refractivity contribution < 1.29 is 19.4 Å². The molecular formula is C21H32ClN3O4. The first-order chi connectivity index (χ1) is 13.5. The van der Waals surface area contributed by atoms with Crippen LogP contribution < -0.4 is 9.64 Å². The van der Waals surface area contributed by atoms with Crippen LogP contribution in [0, 0.1) is 0 Å². The van der Waals surface area contributed by atoms with Crippen molar-refractivity contribution in [2.75, 3.05) is 44.2 Å². The summed E-state index contributed by atoms with van der Waals surface area (Å²) in [5.74, 6) is 0.669. The lowest BCUT2D eigenvalue weighted by Gasteiger charge is -2.37. The molecule has 29 heavy (non-hydrogen) atoms. The number of para-hydroxylation sites is 1. The van der Waals surface area contributed by atoms with Gasteiger partial charge in [0.05, 0.1) is 11.8 Å². The molecular weight excluding hydrogens is 394 g/mol. The molecule has 1 aromatic rings. The van der Waals surface area contributed by atoms with Crippen LogP contribution in [-0.2, 0) is 9.59 Å². The molecule has 8 heteroatoms. The summed E-state index contributed by atoms with van der Waals surface area (Å²) in [6.45, 7) is 8.80. The third-order valence-electron chi connectivity index (χ3n) is 5.28. The van der Waals surface area contributed by atoms with Gasteiger partial charge < -0.3 is 14.7 Å². The number of rotatable bonds is 7. The van der Waals surface area contributed by atoms with Gasteiger partial charge in [0.1, 0.15) is 0 Å². The first kappa shape index (κ1) is 23.3. The number of carbonyl (C=O) groups is 2. The molecule has 0 saturated carbocycles. The Kier molecular flexibility index (Phi) is 8.59. The highest BCUT2D eigenvalue weighted by Gasteiger charge is 2.26. The fourth-order valence-electron chi connectivity index (χ4n) is 3.83. The molecule has 0 unspecified atom stereocenters. The largest absolute Gasteiger partial charge is 0.504 e. The monoisotopic (exact) mass is 425 g/mol. The van der Waals surface area contributed by atoms with Gasteiger partial charge in [-0.1, -0.05) is 6.07 Å². The van der Waals surface area contributed by atoms with E-state index in [1.807, 2.05) is 26.0 Å². The molecule has 0 aromatic heterocycles. The zero-order valence-electron chi connectivity index (χ0n) is 17.3. The molecule has 0 bridgehead atoms. The summed E-state index contributed by atoms with van der Waals surface area (Å²) in [5.41, 5.74) is 0.929. The first-order valence-electron chi connectivity index (χ1n) is 10.2. The van der Waals surface area contributed by atoms with Crippen LogP contribution in [0.15, 0.2) is 18.2 Å². The van der Waals surface area contributed by atoms with Crippen LogP contribution in [0.25, 0.3) is 0 Å². The number of anilines is 1. The topological polar surface area (TPSA) is 73.3 Å². The maximum absolute atomic E-state index is 11.9. The number of halogens is 1. The number of carbonyl (C=O) groups excluding carboxylic acids is 2. The number of benzene rings is 1. The molecule has 2 saturated heterocycles. The van der Waals surface area contributed by atoms with E-state index >= 15 is 0 Å². The van der Waals surface area contributed by atoms with Gasteiger partial charge in [0, 0.05) is 45.6 Å². The molecule has 7 nitrogen and oxygen atoms in total. The van der Waals surface area contributed by atoms with Crippen molar-refractivity contribution in [3.63, 3.8) is 0 Å². The van der Waals surface area contributed by atoms with Gasteiger partial charge in [0.15, 0.2) is 11.5 Å². The van der Waals surface area contributed by atoms with E-state index in [2.05, 4.69) is 9.80 Å². The zero-order chi connectivity index (χ0) is 20.1. The minimum atomic E-state index is -0.0253. The number of phenolic OH excluding ortho intramolecular Hbond substituents is 1. The second-order valence-electron chi connectivity index (χ2n) is 7.77. The summed E-state index contributed by atoms with van der Waals surface area (Å²) in [6.07, 6.45) is 2.48. The van der Waals surface area contributed by atoms with Crippen LogP contribution in [0.3, 0.4) is 0 Å². The summed E-state index contributed by atoms with van der Waals surface area (Å²) in [6, 6.07) is 5.48. The summed E-state index contributed by atoms with van der Waals surface area (Å²) >= 11 is 0. The molecule has 2 aliphatic rings. The summed E-state index contributed by atoms with van der Waals surface area (Å²) in [4.78, 5) is 29.8.